The average Bonchev–Trinajstić information content (AvgIpc) is 2.80. The first-order valence-electron chi connectivity index (χ1n) is 10.7. The van der Waals surface area contributed by atoms with Crippen LogP contribution in [0.2, 0.25) is 0 Å². The molecule has 0 aliphatic carbocycles. The largest absolute Gasteiger partial charge is 0.497 e. The molecule has 0 fully saturated rings. The highest BCUT2D eigenvalue weighted by atomic mass is 16.5. The highest BCUT2D eigenvalue weighted by Crippen LogP contribution is 2.31. The molecule has 0 unspecified atom stereocenters. The summed E-state index contributed by atoms with van der Waals surface area (Å²) >= 11 is 0. The number of hydrogen-bond acceptors (Lipinski definition) is 4. The Hall–Kier alpha value is -2.85. The van der Waals surface area contributed by atoms with Crippen LogP contribution < -0.4 is 9.47 Å². The number of methoxy groups -OCH3 is 2. The fraction of sp³-hybridized carbons (Fsp3) is 0.346. The zero-order valence-corrected chi connectivity index (χ0v) is 17.9. The van der Waals surface area contributed by atoms with Crippen molar-refractivity contribution in [2.24, 2.45) is 0 Å². The van der Waals surface area contributed by atoms with Crippen molar-refractivity contribution in [1.29, 1.82) is 0 Å². The number of pyridine rings is 1. The number of hydrogen-bond donors (Lipinski definition) is 0. The predicted molar refractivity (Wildman–Crippen MR) is 120 cm³/mol. The molecule has 0 atom stereocenters. The number of aromatic nitrogens is 1. The lowest BCUT2D eigenvalue weighted by molar-refractivity contribution is 0.250. The number of ether oxygens (including phenoxy) is 2. The summed E-state index contributed by atoms with van der Waals surface area (Å²) in [5, 5.41) is 0. The van der Waals surface area contributed by atoms with E-state index in [9.17, 15) is 0 Å². The van der Waals surface area contributed by atoms with Gasteiger partial charge in [-0.15, -0.1) is 0 Å². The van der Waals surface area contributed by atoms with Crippen molar-refractivity contribution >= 4 is 0 Å². The van der Waals surface area contributed by atoms with Gasteiger partial charge in [0.15, 0.2) is 0 Å². The van der Waals surface area contributed by atoms with Crippen LogP contribution in [-0.2, 0) is 25.8 Å². The van der Waals surface area contributed by atoms with Gasteiger partial charge in [-0.3, -0.25) is 9.88 Å². The maximum atomic E-state index is 5.61. The Bertz CT molecular complexity index is 972. The van der Waals surface area contributed by atoms with E-state index in [4.69, 9.17) is 9.47 Å². The van der Waals surface area contributed by atoms with E-state index in [1.54, 1.807) is 14.2 Å². The summed E-state index contributed by atoms with van der Waals surface area (Å²) in [6, 6.07) is 16.9. The van der Waals surface area contributed by atoms with E-state index in [1.165, 1.54) is 27.8 Å². The molecule has 1 aliphatic heterocycles. The topological polar surface area (TPSA) is 34.6 Å². The molecule has 0 spiro atoms. The molecule has 0 bridgehead atoms. The Morgan fingerprint density at radius 2 is 1.80 bits per heavy atom. The van der Waals surface area contributed by atoms with Gasteiger partial charge in [0.1, 0.15) is 11.5 Å². The first-order chi connectivity index (χ1) is 14.8. The number of benzene rings is 2. The smallest absolute Gasteiger partial charge is 0.122 e. The molecule has 156 valence electrons. The van der Waals surface area contributed by atoms with Crippen LogP contribution in [0.1, 0.15) is 34.2 Å². The minimum Gasteiger partial charge on any atom is -0.497 e. The summed E-state index contributed by atoms with van der Waals surface area (Å²) in [6.07, 6.45) is 7.95. The Morgan fingerprint density at radius 3 is 2.60 bits per heavy atom. The van der Waals surface area contributed by atoms with E-state index in [1.807, 2.05) is 24.5 Å². The van der Waals surface area contributed by atoms with Crippen LogP contribution in [-0.4, -0.2) is 37.2 Å². The second-order valence-corrected chi connectivity index (χ2v) is 7.90. The van der Waals surface area contributed by atoms with Crippen molar-refractivity contribution in [2.45, 2.75) is 32.2 Å². The van der Waals surface area contributed by atoms with E-state index in [0.717, 1.165) is 56.8 Å². The Kier molecular flexibility index (Phi) is 6.65. The number of rotatable bonds is 8. The Labute approximate surface area is 179 Å². The van der Waals surface area contributed by atoms with Crippen LogP contribution in [0.15, 0.2) is 60.9 Å². The van der Waals surface area contributed by atoms with Crippen molar-refractivity contribution in [3.63, 3.8) is 0 Å². The van der Waals surface area contributed by atoms with Gasteiger partial charge in [-0.05, 0) is 84.0 Å². The first kappa shape index (κ1) is 20.4. The molecule has 3 aromatic rings. The number of para-hydroxylation sites is 1. The highest BCUT2D eigenvalue weighted by molar-refractivity contribution is 5.47. The molecule has 0 radical (unpaired) electrons. The van der Waals surface area contributed by atoms with Gasteiger partial charge < -0.3 is 9.47 Å². The van der Waals surface area contributed by atoms with E-state index < -0.39 is 0 Å². The van der Waals surface area contributed by atoms with Gasteiger partial charge in [-0.2, -0.15) is 0 Å². The van der Waals surface area contributed by atoms with Gasteiger partial charge in [0.2, 0.25) is 0 Å². The average molecular weight is 403 g/mol. The molecule has 0 N–H and O–H groups in total. The highest BCUT2D eigenvalue weighted by Gasteiger charge is 2.21. The van der Waals surface area contributed by atoms with Gasteiger partial charge in [0, 0.05) is 31.9 Å². The molecular weight excluding hydrogens is 372 g/mol. The third-order valence-corrected chi connectivity index (χ3v) is 5.99. The maximum Gasteiger partial charge on any atom is 0.122 e. The van der Waals surface area contributed by atoms with Gasteiger partial charge in [-0.1, -0.05) is 18.2 Å². The third-order valence-electron chi connectivity index (χ3n) is 5.99. The molecule has 2 heterocycles. The van der Waals surface area contributed by atoms with E-state index in [-0.39, 0.29) is 0 Å². The predicted octanol–water partition coefficient (Wildman–Crippen LogP) is 4.68. The summed E-state index contributed by atoms with van der Waals surface area (Å²) in [5.41, 5.74) is 6.79. The normalized spacial score (nSPS) is 13.7. The summed E-state index contributed by atoms with van der Waals surface area (Å²) in [7, 11) is 3.49. The summed E-state index contributed by atoms with van der Waals surface area (Å²) in [4.78, 5) is 6.69. The molecule has 4 nitrogen and oxygen atoms in total. The minimum atomic E-state index is 0.856. The zero-order chi connectivity index (χ0) is 20.8. The standard InChI is InChI=1S/C26H30N2O2/c1-29-24-17-21-11-15-28(14-5-6-20-9-12-27-13-10-20)19-25(21)23(18-24)16-22-7-3-4-8-26(22)30-2/h3-4,7-10,12-13,17-18H,5-6,11,14-16,19H2,1-2H3. The lowest BCUT2D eigenvalue weighted by atomic mass is 9.90. The molecule has 0 amide bonds. The van der Waals surface area contributed by atoms with Gasteiger partial charge in [0.05, 0.1) is 14.2 Å². The fourth-order valence-corrected chi connectivity index (χ4v) is 4.35. The monoisotopic (exact) mass is 402 g/mol. The molecule has 1 aromatic heterocycles. The molecule has 4 rings (SSSR count). The van der Waals surface area contributed by atoms with Crippen molar-refractivity contribution in [3.8, 4) is 11.5 Å². The van der Waals surface area contributed by atoms with Crippen LogP contribution in [0.4, 0.5) is 0 Å². The Morgan fingerprint density at radius 1 is 0.967 bits per heavy atom. The second kappa shape index (κ2) is 9.77. The summed E-state index contributed by atoms with van der Waals surface area (Å²) in [5.74, 6) is 1.89. The molecule has 2 aromatic carbocycles. The zero-order valence-electron chi connectivity index (χ0n) is 17.9. The van der Waals surface area contributed by atoms with Crippen molar-refractivity contribution in [1.82, 2.24) is 9.88 Å². The summed E-state index contributed by atoms with van der Waals surface area (Å²) in [6.45, 7) is 3.21. The van der Waals surface area contributed by atoms with Crippen LogP contribution in [0, 0.1) is 0 Å². The minimum absolute atomic E-state index is 0.856. The molecule has 0 saturated carbocycles. The van der Waals surface area contributed by atoms with Crippen LogP contribution in [0.5, 0.6) is 11.5 Å². The Balaban J connectivity index is 1.50. The third kappa shape index (κ3) is 4.82. The van der Waals surface area contributed by atoms with Crippen LogP contribution in [0.25, 0.3) is 0 Å². The molecule has 4 heteroatoms. The number of fused-ring (bicyclic) bond motifs is 1. The van der Waals surface area contributed by atoms with Crippen molar-refractivity contribution in [3.05, 3.63) is 88.7 Å². The van der Waals surface area contributed by atoms with E-state index in [2.05, 4.69) is 46.3 Å². The quantitative estimate of drug-likeness (QED) is 0.548. The van der Waals surface area contributed by atoms with E-state index >= 15 is 0 Å². The van der Waals surface area contributed by atoms with Crippen LogP contribution in [0.3, 0.4) is 0 Å². The number of nitrogens with zero attached hydrogens (tertiary/aromatic N) is 2. The van der Waals surface area contributed by atoms with Crippen molar-refractivity contribution < 1.29 is 9.47 Å². The lowest BCUT2D eigenvalue weighted by Crippen LogP contribution is -2.32. The molecule has 0 saturated heterocycles. The van der Waals surface area contributed by atoms with E-state index in [0.29, 0.717) is 0 Å². The SMILES string of the molecule is COc1cc2c(c(Cc3ccccc3OC)c1)CN(CCCc1ccncc1)CC2. The van der Waals surface area contributed by atoms with Gasteiger partial charge in [0.25, 0.3) is 0 Å². The molecular formula is C26H30N2O2. The molecule has 30 heavy (non-hydrogen) atoms. The van der Waals surface area contributed by atoms with Crippen molar-refractivity contribution in [2.75, 3.05) is 27.3 Å². The van der Waals surface area contributed by atoms with Gasteiger partial charge >= 0.3 is 0 Å². The van der Waals surface area contributed by atoms with Crippen LogP contribution >= 0.6 is 0 Å². The first-order valence-corrected chi connectivity index (χ1v) is 10.7. The number of aryl methyl sites for hydroxylation is 1. The maximum absolute atomic E-state index is 5.61. The lowest BCUT2D eigenvalue weighted by Gasteiger charge is -2.31. The molecule has 1 aliphatic rings. The second-order valence-electron chi connectivity index (χ2n) is 7.90. The fourth-order valence-electron chi connectivity index (χ4n) is 4.35. The van der Waals surface area contributed by atoms with Gasteiger partial charge in [-0.25, -0.2) is 0 Å². The summed E-state index contributed by atoms with van der Waals surface area (Å²) < 4.78 is 11.2.